The van der Waals surface area contributed by atoms with E-state index in [-0.39, 0.29) is 24.6 Å². The highest BCUT2D eigenvalue weighted by Crippen LogP contribution is 2.14. The maximum absolute atomic E-state index is 12.0. The van der Waals surface area contributed by atoms with Crippen molar-refractivity contribution in [3.05, 3.63) is 0 Å². The Kier molecular flexibility index (Phi) is 18.7. The van der Waals surface area contributed by atoms with Gasteiger partial charge in [0.25, 0.3) is 0 Å². The standard InChI is InChI=1S/C24H46N2O2.ClH/c1-4-5-6-7-8-9-10-11-12-13-14-15-16-17-18-19-24(27)28-23(3)26-21-20-25-22(26)2;/h23H,4-21H2,1-3H3;1H. The van der Waals surface area contributed by atoms with E-state index in [1.165, 1.54) is 83.5 Å². The van der Waals surface area contributed by atoms with Gasteiger partial charge in [0, 0.05) is 13.0 Å². The number of ether oxygens (including phenoxy) is 1. The van der Waals surface area contributed by atoms with Gasteiger partial charge in [-0.2, -0.15) is 0 Å². The van der Waals surface area contributed by atoms with E-state index in [9.17, 15) is 4.79 Å². The molecule has 0 aromatic carbocycles. The van der Waals surface area contributed by atoms with Crippen LogP contribution in [0.2, 0.25) is 0 Å². The smallest absolute Gasteiger partial charge is 0.307 e. The molecule has 0 N–H and O–H groups in total. The van der Waals surface area contributed by atoms with Gasteiger partial charge < -0.3 is 9.64 Å². The van der Waals surface area contributed by atoms with Crippen molar-refractivity contribution < 1.29 is 9.53 Å². The fourth-order valence-corrected chi connectivity index (χ4v) is 3.97. The zero-order chi connectivity index (χ0) is 20.5. The average Bonchev–Trinajstić information content (AvgIpc) is 3.11. The molecule has 0 radical (unpaired) electrons. The summed E-state index contributed by atoms with van der Waals surface area (Å²) in [7, 11) is 0. The van der Waals surface area contributed by atoms with Crippen LogP contribution in [0.25, 0.3) is 0 Å². The van der Waals surface area contributed by atoms with Gasteiger partial charge in [0.15, 0.2) is 6.23 Å². The summed E-state index contributed by atoms with van der Waals surface area (Å²) in [6.07, 6.45) is 20.5. The maximum atomic E-state index is 12.0. The van der Waals surface area contributed by atoms with E-state index in [4.69, 9.17) is 4.74 Å². The van der Waals surface area contributed by atoms with Gasteiger partial charge in [0.05, 0.1) is 12.4 Å². The average molecular weight is 431 g/mol. The van der Waals surface area contributed by atoms with Crippen LogP contribution in [0.1, 0.15) is 124 Å². The minimum absolute atomic E-state index is 0. The molecule has 4 nitrogen and oxygen atoms in total. The molecule has 0 bridgehead atoms. The Hall–Kier alpha value is -0.770. The third-order valence-electron chi connectivity index (χ3n) is 5.82. The predicted molar refractivity (Wildman–Crippen MR) is 127 cm³/mol. The minimum Gasteiger partial charge on any atom is -0.442 e. The molecule has 0 aromatic rings. The van der Waals surface area contributed by atoms with Crippen molar-refractivity contribution in [1.29, 1.82) is 0 Å². The quantitative estimate of drug-likeness (QED) is 0.169. The highest BCUT2D eigenvalue weighted by molar-refractivity contribution is 5.85. The molecular formula is C24H47ClN2O2. The first-order valence-electron chi connectivity index (χ1n) is 12.1. The molecular weight excluding hydrogens is 384 g/mol. The van der Waals surface area contributed by atoms with Crippen molar-refractivity contribution in [2.24, 2.45) is 4.99 Å². The van der Waals surface area contributed by atoms with Crippen molar-refractivity contribution in [3.8, 4) is 0 Å². The number of hydrogen-bond donors (Lipinski definition) is 0. The van der Waals surface area contributed by atoms with Gasteiger partial charge in [-0.15, -0.1) is 12.4 Å². The Balaban J connectivity index is 0.00000784. The lowest BCUT2D eigenvalue weighted by molar-refractivity contribution is -0.154. The van der Waals surface area contributed by atoms with Crippen LogP contribution in [0.4, 0.5) is 0 Å². The van der Waals surface area contributed by atoms with E-state index in [2.05, 4.69) is 16.8 Å². The number of nitrogens with zero attached hydrogens (tertiary/aromatic N) is 2. The number of amidine groups is 1. The molecule has 0 aromatic heterocycles. The van der Waals surface area contributed by atoms with E-state index in [0.29, 0.717) is 6.42 Å². The first kappa shape index (κ1) is 28.2. The van der Waals surface area contributed by atoms with Crippen LogP contribution in [-0.2, 0) is 9.53 Å². The fourth-order valence-electron chi connectivity index (χ4n) is 3.97. The molecule has 29 heavy (non-hydrogen) atoms. The molecule has 0 saturated heterocycles. The van der Waals surface area contributed by atoms with E-state index >= 15 is 0 Å². The molecule has 0 aliphatic carbocycles. The van der Waals surface area contributed by atoms with Crippen LogP contribution in [-0.4, -0.2) is 36.0 Å². The minimum atomic E-state index is -0.185. The van der Waals surface area contributed by atoms with Crippen molar-refractivity contribution in [1.82, 2.24) is 4.90 Å². The molecule has 0 amide bonds. The van der Waals surface area contributed by atoms with Gasteiger partial charge in [-0.3, -0.25) is 9.79 Å². The molecule has 1 aliphatic rings. The lowest BCUT2D eigenvalue weighted by atomic mass is 10.0. The van der Waals surface area contributed by atoms with Crippen LogP contribution in [0.15, 0.2) is 4.99 Å². The number of esters is 1. The third-order valence-corrected chi connectivity index (χ3v) is 5.82. The topological polar surface area (TPSA) is 41.9 Å². The second-order valence-corrected chi connectivity index (χ2v) is 8.41. The largest absolute Gasteiger partial charge is 0.442 e. The molecule has 172 valence electrons. The highest BCUT2D eigenvalue weighted by atomic mass is 35.5. The van der Waals surface area contributed by atoms with Crippen LogP contribution in [0.3, 0.4) is 0 Å². The number of hydrogen-bond acceptors (Lipinski definition) is 4. The van der Waals surface area contributed by atoms with Crippen LogP contribution in [0.5, 0.6) is 0 Å². The van der Waals surface area contributed by atoms with Crippen molar-refractivity contribution >= 4 is 24.2 Å². The molecule has 1 rings (SSSR count). The Labute approximate surface area is 186 Å². The Bertz CT molecular complexity index is 429. The summed E-state index contributed by atoms with van der Waals surface area (Å²) in [6.45, 7) is 7.87. The van der Waals surface area contributed by atoms with Gasteiger partial charge in [-0.05, 0) is 20.3 Å². The van der Waals surface area contributed by atoms with Crippen LogP contribution in [0, 0.1) is 0 Å². The van der Waals surface area contributed by atoms with Gasteiger partial charge in [0.2, 0.25) is 0 Å². The summed E-state index contributed by atoms with van der Waals surface area (Å²) in [5, 5.41) is 0. The van der Waals surface area contributed by atoms with Gasteiger partial charge in [0.1, 0.15) is 0 Å². The summed E-state index contributed by atoms with van der Waals surface area (Å²) in [4.78, 5) is 18.4. The highest BCUT2D eigenvalue weighted by Gasteiger charge is 2.21. The second kappa shape index (κ2) is 19.2. The SMILES string of the molecule is CCCCCCCCCCCCCCCCCC(=O)OC(C)N1CCN=C1C.Cl. The molecule has 1 atom stereocenters. The lowest BCUT2D eigenvalue weighted by Gasteiger charge is -2.25. The number of carbonyl (C=O) groups excluding carboxylic acids is 1. The van der Waals surface area contributed by atoms with E-state index in [1.54, 1.807) is 0 Å². The van der Waals surface area contributed by atoms with Gasteiger partial charge in [-0.25, -0.2) is 0 Å². The maximum Gasteiger partial charge on any atom is 0.307 e. The molecule has 1 unspecified atom stereocenters. The van der Waals surface area contributed by atoms with Crippen molar-refractivity contribution in [2.75, 3.05) is 13.1 Å². The molecule has 0 spiro atoms. The van der Waals surface area contributed by atoms with E-state index in [0.717, 1.165) is 31.8 Å². The molecule has 0 saturated carbocycles. The molecule has 1 aliphatic heterocycles. The normalized spacial score (nSPS) is 14.4. The van der Waals surface area contributed by atoms with Crippen molar-refractivity contribution in [3.63, 3.8) is 0 Å². The summed E-state index contributed by atoms with van der Waals surface area (Å²) in [5.41, 5.74) is 0. The summed E-state index contributed by atoms with van der Waals surface area (Å²) >= 11 is 0. The second-order valence-electron chi connectivity index (χ2n) is 8.41. The van der Waals surface area contributed by atoms with E-state index in [1.807, 2.05) is 13.8 Å². The zero-order valence-corrected chi connectivity index (χ0v) is 20.2. The lowest BCUT2D eigenvalue weighted by Crippen LogP contribution is -2.38. The number of halogens is 1. The predicted octanol–water partition coefficient (Wildman–Crippen LogP) is 7.29. The number of carbonyl (C=O) groups is 1. The zero-order valence-electron chi connectivity index (χ0n) is 19.4. The fraction of sp³-hybridized carbons (Fsp3) is 0.917. The number of rotatable bonds is 18. The Morgan fingerprint density at radius 3 is 1.76 bits per heavy atom. The first-order valence-corrected chi connectivity index (χ1v) is 12.1. The van der Waals surface area contributed by atoms with Crippen LogP contribution >= 0.6 is 12.4 Å². The van der Waals surface area contributed by atoms with Crippen molar-refractivity contribution in [2.45, 2.75) is 130 Å². The first-order chi connectivity index (χ1) is 13.6. The number of unbranched alkanes of at least 4 members (excludes halogenated alkanes) is 14. The Morgan fingerprint density at radius 2 is 1.34 bits per heavy atom. The third kappa shape index (κ3) is 14.8. The van der Waals surface area contributed by atoms with Crippen LogP contribution < -0.4 is 0 Å². The van der Waals surface area contributed by atoms with Gasteiger partial charge in [-0.1, -0.05) is 96.8 Å². The summed E-state index contributed by atoms with van der Waals surface area (Å²) in [5.74, 6) is 0.911. The van der Waals surface area contributed by atoms with Gasteiger partial charge >= 0.3 is 5.97 Å². The molecule has 5 heteroatoms. The molecule has 0 fully saturated rings. The summed E-state index contributed by atoms with van der Waals surface area (Å²) in [6, 6.07) is 0. The molecule has 1 heterocycles. The monoisotopic (exact) mass is 430 g/mol. The number of aliphatic imine (C=N–C) groups is 1. The Morgan fingerprint density at radius 1 is 0.897 bits per heavy atom. The van der Waals surface area contributed by atoms with E-state index < -0.39 is 0 Å². The summed E-state index contributed by atoms with van der Waals surface area (Å²) < 4.78 is 5.53.